The Morgan fingerprint density at radius 2 is 2.00 bits per heavy atom. The zero-order valence-corrected chi connectivity index (χ0v) is 10.9. The third-order valence-corrected chi connectivity index (χ3v) is 3.29. The molecule has 1 aromatic heterocycles. The third kappa shape index (κ3) is 5.17. The van der Waals surface area contributed by atoms with Crippen LogP contribution in [0, 0.1) is 0 Å². The van der Waals surface area contributed by atoms with Crippen molar-refractivity contribution in [3.8, 4) is 0 Å². The molecule has 0 radical (unpaired) electrons. The molecule has 0 saturated heterocycles. The van der Waals surface area contributed by atoms with E-state index in [0.29, 0.717) is 5.03 Å². The van der Waals surface area contributed by atoms with Crippen LogP contribution in [0.2, 0.25) is 5.15 Å². The number of alkyl halides is 3. The van der Waals surface area contributed by atoms with Crippen LogP contribution >= 0.6 is 23.4 Å². The second kappa shape index (κ2) is 6.50. The standard InChI is InChI=1S/C11H13ClF3NS/c1-2-3-4-5-17-10-7-8(11(13,14)15)6-9(12)16-10/h6-7H,2-5H2,1H3. The maximum absolute atomic E-state index is 12.5. The largest absolute Gasteiger partial charge is 0.416 e. The second-order valence-corrected chi connectivity index (χ2v) is 5.07. The summed E-state index contributed by atoms with van der Waals surface area (Å²) in [4.78, 5) is 3.87. The fourth-order valence-electron chi connectivity index (χ4n) is 1.24. The van der Waals surface area contributed by atoms with Crippen molar-refractivity contribution in [1.82, 2.24) is 4.98 Å². The minimum Gasteiger partial charge on any atom is -0.230 e. The summed E-state index contributed by atoms with van der Waals surface area (Å²) >= 11 is 6.88. The minimum absolute atomic E-state index is 0.113. The molecule has 0 bridgehead atoms. The summed E-state index contributed by atoms with van der Waals surface area (Å²) in [5.41, 5.74) is -0.740. The Kier molecular flexibility index (Phi) is 5.59. The van der Waals surface area contributed by atoms with E-state index < -0.39 is 11.7 Å². The highest BCUT2D eigenvalue weighted by Gasteiger charge is 2.31. The quantitative estimate of drug-likeness (QED) is 0.427. The highest BCUT2D eigenvalue weighted by molar-refractivity contribution is 7.99. The molecule has 0 aliphatic heterocycles. The lowest BCUT2D eigenvalue weighted by Crippen LogP contribution is -2.05. The van der Waals surface area contributed by atoms with Gasteiger partial charge in [0.15, 0.2) is 0 Å². The Labute approximate surface area is 108 Å². The van der Waals surface area contributed by atoms with Gasteiger partial charge < -0.3 is 0 Å². The summed E-state index contributed by atoms with van der Waals surface area (Å²) in [6.07, 6.45) is -1.25. The van der Waals surface area contributed by atoms with Crippen LogP contribution in [0.25, 0.3) is 0 Å². The SMILES string of the molecule is CCCCCSc1cc(C(F)(F)F)cc(Cl)n1. The third-order valence-electron chi connectivity index (χ3n) is 2.10. The van der Waals surface area contributed by atoms with Crippen molar-refractivity contribution < 1.29 is 13.2 Å². The molecule has 96 valence electrons. The molecule has 6 heteroatoms. The van der Waals surface area contributed by atoms with Crippen molar-refractivity contribution in [2.75, 3.05) is 5.75 Å². The van der Waals surface area contributed by atoms with Gasteiger partial charge in [-0.05, 0) is 24.3 Å². The minimum atomic E-state index is -4.37. The number of unbranched alkanes of at least 4 members (excludes halogenated alkanes) is 2. The summed E-state index contributed by atoms with van der Waals surface area (Å²) in [5.74, 6) is 0.762. The van der Waals surface area contributed by atoms with Gasteiger partial charge >= 0.3 is 6.18 Å². The van der Waals surface area contributed by atoms with Crippen LogP contribution in [0.4, 0.5) is 13.2 Å². The molecule has 0 aromatic carbocycles. The molecule has 0 fully saturated rings. The molecule has 0 atom stereocenters. The van der Waals surface area contributed by atoms with Crippen molar-refractivity contribution in [1.29, 1.82) is 0 Å². The first-order valence-electron chi connectivity index (χ1n) is 5.31. The van der Waals surface area contributed by atoms with Crippen molar-refractivity contribution in [3.63, 3.8) is 0 Å². The topological polar surface area (TPSA) is 12.9 Å². The monoisotopic (exact) mass is 283 g/mol. The van der Waals surface area contributed by atoms with Crippen LogP contribution in [-0.4, -0.2) is 10.7 Å². The lowest BCUT2D eigenvalue weighted by Gasteiger charge is -2.08. The van der Waals surface area contributed by atoms with Crippen LogP contribution < -0.4 is 0 Å². The maximum Gasteiger partial charge on any atom is 0.416 e. The molecule has 17 heavy (non-hydrogen) atoms. The number of thioether (sulfide) groups is 1. The number of pyridine rings is 1. The van der Waals surface area contributed by atoms with E-state index in [0.717, 1.165) is 37.1 Å². The van der Waals surface area contributed by atoms with Crippen LogP contribution in [0.15, 0.2) is 17.2 Å². The van der Waals surface area contributed by atoms with E-state index in [1.165, 1.54) is 11.8 Å². The van der Waals surface area contributed by atoms with Crippen LogP contribution in [-0.2, 0) is 6.18 Å². The van der Waals surface area contributed by atoms with Crippen LogP contribution in [0.3, 0.4) is 0 Å². The molecule has 0 aliphatic carbocycles. The van der Waals surface area contributed by atoms with E-state index in [1.54, 1.807) is 0 Å². The molecule has 0 saturated carbocycles. The summed E-state index contributed by atoms with van der Waals surface area (Å²) < 4.78 is 37.5. The Bertz CT molecular complexity index is 368. The normalized spacial score (nSPS) is 11.8. The number of hydrogen-bond acceptors (Lipinski definition) is 2. The van der Waals surface area contributed by atoms with Gasteiger partial charge in [-0.2, -0.15) is 13.2 Å². The first-order valence-corrected chi connectivity index (χ1v) is 6.67. The van der Waals surface area contributed by atoms with Gasteiger partial charge in [-0.1, -0.05) is 31.4 Å². The molecule has 0 unspecified atom stereocenters. The molecule has 1 aromatic rings. The van der Waals surface area contributed by atoms with E-state index in [4.69, 9.17) is 11.6 Å². The van der Waals surface area contributed by atoms with E-state index >= 15 is 0 Å². The van der Waals surface area contributed by atoms with Crippen molar-refractivity contribution in [2.24, 2.45) is 0 Å². The van der Waals surface area contributed by atoms with Gasteiger partial charge in [0.2, 0.25) is 0 Å². The zero-order valence-electron chi connectivity index (χ0n) is 9.35. The van der Waals surface area contributed by atoms with E-state index in [-0.39, 0.29) is 5.15 Å². The van der Waals surface area contributed by atoms with E-state index in [1.807, 2.05) is 0 Å². The second-order valence-electron chi connectivity index (χ2n) is 3.57. The van der Waals surface area contributed by atoms with E-state index in [2.05, 4.69) is 11.9 Å². The summed E-state index contributed by atoms with van der Waals surface area (Å²) in [6.45, 7) is 2.07. The summed E-state index contributed by atoms with van der Waals surface area (Å²) in [6, 6.07) is 1.89. The van der Waals surface area contributed by atoms with Gasteiger partial charge in [0.25, 0.3) is 0 Å². The van der Waals surface area contributed by atoms with Gasteiger partial charge in [0.1, 0.15) is 5.15 Å². The number of nitrogens with zero attached hydrogens (tertiary/aromatic N) is 1. The number of halogens is 4. The van der Waals surface area contributed by atoms with Crippen molar-refractivity contribution in [3.05, 3.63) is 22.8 Å². The first-order chi connectivity index (χ1) is 7.93. The van der Waals surface area contributed by atoms with E-state index in [9.17, 15) is 13.2 Å². The Balaban J connectivity index is 2.69. The van der Waals surface area contributed by atoms with Gasteiger partial charge in [-0.25, -0.2) is 4.98 Å². The van der Waals surface area contributed by atoms with Gasteiger partial charge in [-0.3, -0.25) is 0 Å². The number of hydrogen-bond donors (Lipinski definition) is 0. The van der Waals surface area contributed by atoms with Gasteiger partial charge in [-0.15, -0.1) is 11.8 Å². The molecular formula is C11H13ClF3NS. The molecule has 1 rings (SSSR count). The average Bonchev–Trinajstić information content (AvgIpc) is 2.22. The van der Waals surface area contributed by atoms with Crippen molar-refractivity contribution in [2.45, 2.75) is 37.4 Å². The molecule has 1 nitrogen and oxygen atoms in total. The molecule has 0 amide bonds. The van der Waals surface area contributed by atoms with Crippen molar-refractivity contribution >= 4 is 23.4 Å². The lowest BCUT2D eigenvalue weighted by molar-refractivity contribution is -0.137. The fraction of sp³-hybridized carbons (Fsp3) is 0.545. The van der Waals surface area contributed by atoms with Crippen LogP contribution in [0.1, 0.15) is 31.7 Å². The Morgan fingerprint density at radius 3 is 2.59 bits per heavy atom. The number of rotatable bonds is 5. The highest BCUT2D eigenvalue weighted by atomic mass is 35.5. The average molecular weight is 284 g/mol. The van der Waals surface area contributed by atoms with Gasteiger partial charge in [0.05, 0.1) is 10.6 Å². The maximum atomic E-state index is 12.5. The highest BCUT2D eigenvalue weighted by Crippen LogP contribution is 2.33. The fourth-order valence-corrected chi connectivity index (χ4v) is 2.43. The smallest absolute Gasteiger partial charge is 0.230 e. The molecule has 0 N–H and O–H groups in total. The molecule has 0 aliphatic rings. The molecule has 0 spiro atoms. The number of aromatic nitrogens is 1. The summed E-state index contributed by atoms with van der Waals surface area (Å²) in [7, 11) is 0. The first kappa shape index (κ1) is 14.6. The molecular weight excluding hydrogens is 271 g/mol. The van der Waals surface area contributed by atoms with Crippen LogP contribution in [0.5, 0.6) is 0 Å². The van der Waals surface area contributed by atoms with Gasteiger partial charge in [0, 0.05) is 0 Å². The summed E-state index contributed by atoms with van der Waals surface area (Å²) in [5, 5.41) is 0.221. The molecule has 1 heterocycles. The Morgan fingerprint density at radius 1 is 1.29 bits per heavy atom. The Hall–Kier alpha value is -0.420. The predicted molar refractivity (Wildman–Crippen MR) is 64.5 cm³/mol. The lowest BCUT2D eigenvalue weighted by atomic mass is 10.3. The zero-order chi connectivity index (χ0) is 12.9. The predicted octanol–water partition coefficient (Wildman–Crippen LogP) is 5.04.